The van der Waals surface area contributed by atoms with Crippen LogP contribution in [0, 0.1) is 13.8 Å². The molecule has 0 aromatic heterocycles. The molecule has 0 fully saturated rings. The molecule has 0 saturated heterocycles. The van der Waals surface area contributed by atoms with Gasteiger partial charge in [-0.25, -0.2) is 8.42 Å². The Morgan fingerprint density at radius 2 is 1.50 bits per heavy atom. The van der Waals surface area contributed by atoms with E-state index in [2.05, 4.69) is 4.72 Å². The van der Waals surface area contributed by atoms with E-state index in [1.807, 2.05) is 38.1 Å². The summed E-state index contributed by atoms with van der Waals surface area (Å²) in [6.45, 7) is 3.84. The van der Waals surface area contributed by atoms with Crippen LogP contribution in [0.2, 0.25) is 0 Å². The standard InChI is InChI=1S/C22H23NO4S/c1-15-5-11-20(13-16(15)2)28(24,25)23-18-8-12-22(27-4)21(14-18)17-6-9-19(26-3)10-7-17/h5-14,23H,1-4H3. The Bertz CT molecular complexity index is 1090. The van der Waals surface area contributed by atoms with Gasteiger partial charge in [0.2, 0.25) is 0 Å². The second kappa shape index (κ2) is 7.94. The van der Waals surface area contributed by atoms with E-state index in [1.165, 1.54) is 0 Å². The topological polar surface area (TPSA) is 64.6 Å². The smallest absolute Gasteiger partial charge is 0.261 e. The third kappa shape index (κ3) is 4.12. The Labute approximate surface area is 166 Å². The molecule has 5 nitrogen and oxygen atoms in total. The van der Waals surface area contributed by atoms with Crippen LogP contribution in [0.3, 0.4) is 0 Å². The molecule has 3 rings (SSSR count). The number of sulfonamides is 1. The first kappa shape index (κ1) is 19.8. The summed E-state index contributed by atoms with van der Waals surface area (Å²) in [6.07, 6.45) is 0. The number of nitrogens with one attached hydrogen (secondary N) is 1. The van der Waals surface area contributed by atoms with E-state index in [-0.39, 0.29) is 4.90 Å². The van der Waals surface area contributed by atoms with Crippen molar-refractivity contribution in [1.29, 1.82) is 0 Å². The van der Waals surface area contributed by atoms with Crippen LogP contribution in [0.25, 0.3) is 11.1 Å². The molecule has 0 aliphatic heterocycles. The summed E-state index contributed by atoms with van der Waals surface area (Å²) >= 11 is 0. The lowest BCUT2D eigenvalue weighted by Crippen LogP contribution is -2.13. The van der Waals surface area contributed by atoms with Crippen molar-refractivity contribution in [2.24, 2.45) is 0 Å². The molecule has 3 aromatic rings. The van der Waals surface area contributed by atoms with Gasteiger partial charge in [0.15, 0.2) is 0 Å². The Morgan fingerprint density at radius 3 is 2.11 bits per heavy atom. The van der Waals surface area contributed by atoms with E-state index in [4.69, 9.17) is 9.47 Å². The first-order chi connectivity index (χ1) is 13.3. The van der Waals surface area contributed by atoms with Gasteiger partial charge >= 0.3 is 0 Å². The first-order valence-electron chi connectivity index (χ1n) is 8.76. The van der Waals surface area contributed by atoms with Crippen LogP contribution in [-0.4, -0.2) is 22.6 Å². The summed E-state index contributed by atoms with van der Waals surface area (Å²) in [6, 6.07) is 17.8. The van der Waals surface area contributed by atoms with E-state index >= 15 is 0 Å². The van der Waals surface area contributed by atoms with Crippen molar-refractivity contribution in [2.45, 2.75) is 18.7 Å². The largest absolute Gasteiger partial charge is 0.497 e. The summed E-state index contributed by atoms with van der Waals surface area (Å²) in [4.78, 5) is 0.234. The van der Waals surface area contributed by atoms with Crippen LogP contribution in [0.1, 0.15) is 11.1 Å². The van der Waals surface area contributed by atoms with Gasteiger partial charge in [-0.15, -0.1) is 0 Å². The zero-order chi connectivity index (χ0) is 20.3. The number of ether oxygens (including phenoxy) is 2. The van der Waals surface area contributed by atoms with Crippen molar-refractivity contribution < 1.29 is 17.9 Å². The summed E-state index contributed by atoms with van der Waals surface area (Å²) in [5.41, 5.74) is 4.11. The molecule has 0 unspecified atom stereocenters. The van der Waals surface area contributed by atoms with Crippen molar-refractivity contribution >= 4 is 15.7 Å². The number of hydrogen-bond donors (Lipinski definition) is 1. The Balaban J connectivity index is 1.97. The minimum Gasteiger partial charge on any atom is -0.497 e. The molecule has 0 radical (unpaired) electrons. The van der Waals surface area contributed by atoms with E-state index in [0.29, 0.717) is 11.4 Å². The Kier molecular flexibility index (Phi) is 5.61. The number of rotatable bonds is 6. The van der Waals surface area contributed by atoms with Gasteiger partial charge in [-0.1, -0.05) is 18.2 Å². The van der Waals surface area contributed by atoms with Gasteiger partial charge in [-0.3, -0.25) is 4.72 Å². The molecular weight excluding hydrogens is 374 g/mol. The maximum Gasteiger partial charge on any atom is 0.261 e. The summed E-state index contributed by atoms with van der Waals surface area (Å²) in [5.74, 6) is 1.40. The molecule has 3 aromatic carbocycles. The van der Waals surface area contributed by atoms with E-state index in [0.717, 1.165) is 28.0 Å². The highest BCUT2D eigenvalue weighted by Crippen LogP contribution is 2.34. The van der Waals surface area contributed by atoms with Crippen molar-refractivity contribution in [3.8, 4) is 22.6 Å². The van der Waals surface area contributed by atoms with Crippen LogP contribution in [0.5, 0.6) is 11.5 Å². The second-order valence-corrected chi connectivity index (χ2v) is 8.18. The predicted octanol–water partition coefficient (Wildman–Crippen LogP) is 4.79. The average molecular weight is 397 g/mol. The molecule has 0 spiro atoms. The minimum absolute atomic E-state index is 0.234. The highest BCUT2D eigenvalue weighted by Gasteiger charge is 2.16. The third-order valence-corrected chi connectivity index (χ3v) is 6.02. The maximum atomic E-state index is 12.8. The van der Waals surface area contributed by atoms with Gasteiger partial charge in [0.25, 0.3) is 10.0 Å². The number of methoxy groups -OCH3 is 2. The van der Waals surface area contributed by atoms with E-state index in [9.17, 15) is 8.42 Å². The molecule has 0 aliphatic rings. The zero-order valence-electron chi connectivity index (χ0n) is 16.3. The normalized spacial score (nSPS) is 11.1. The number of benzene rings is 3. The SMILES string of the molecule is COc1ccc(-c2cc(NS(=O)(=O)c3ccc(C)c(C)c3)ccc2OC)cc1. The summed E-state index contributed by atoms with van der Waals surface area (Å²) in [5, 5.41) is 0. The van der Waals surface area contributed by atoms with E-state index < -0.39 is 10.0 Å². The lowest BCUT2D eigenvalue weighted by molar-refractivity contribution is 0.414. The minimum atomic E-state index is -3.69. The molecule has 0 saturated carbocycles. The predicted molar refractivity (Wildman–Crippen MR) is 112 cm³/mol. The summed E-state index contributed by atoms with van der Waals surface area (Å²) in [7, 11) is -0.499. The average Bonchev–Trinajstić information content (AvgIpc) is 2.69. The fraction of sp³-hybridized carbons (Fsp3) is 0.182. The van der Waals surface area contributed by atoms with Crippen molar-refractivity contribution in [2.75, 3.05) is 18.9 Å². The Morgan fingerprint density at radius 1 is 0.786 bits per heavy atom. The van der Waals surface area contributed by atoms with Gasteiger partial charge in [0.1, 0.15) is 11.5 Å². The number of hydrogen-bond acceptors (Lipinski definition) is 4. The molecule has 0 aliphatic carbocycles. The lowest BCUT2D eigenvalue weighted by Gasteiger charge is -2.14. The van der Waals surface area contributed by atoms with Gasteiger partial charge in [-0.05, 0) is 73.0 Å². The van der Waals surface area contributed by atoms with Crippen LogP contribution in [0.4, 0.5) is 5.69 Å². The third-order valence-electron chi connectivity index (χ3n) is 4.64. The summed E-state index contributed by atoms with van der Waals surface area (Å²) < 4.78 is 38.9. The molecule has 0 amide bonds. The van der Waals surface area contributed by atoms with Crippen molar-refractivity contribution in [1.82, 2.24) is 0 Å². The van der Waals surface area contributed by atoms with Gasteiger partial charge in [0, 0.05) is 11.3 Å². The molecule has 1 N–H and O–H groups in total. The number of aryl methyl sites for hydroxylation is 2. The molecule has 146 valence electrons. The highest BCUT2D eigenvalue weighted by molar-refractivity contribution is 7.92. The van der Waals surface area contributed by atoms with Gasteiger partial charge in [-0.2, -0.15) is 0 Å². The fourth-order valence-electron chi connectivity index (χ4n) is 2.86. The fourth-order valence-corrected chi connectivity index (χ4v) is 4.00. The highest BCUT2D eigenvalue weighted by atomic mass is 32.2. The molecule has 28 heavy (non-hydrogen) atoms. The van der Waals surface area contributed by atoms with Crippen LogP contribution >= 0.6 is 0 Å². The van der Waals surface area contributed by atoms with Gasteiger partial charge in [0.05, 0.1) is 19.1 Å². The Hall–Kier alpha value is -2.99. The van der Waals surface area contributed by atoms with Gasteiger partial charge < -0.3 is 9.47 Å². The zero-order valence-corrected chi connectivity index (χ0v) is 17.1. The quantitative estimate of drug-likeness (QED) is 0.650. The van der Waals surface area contributed by atoms with Crippen LogP contribution in [-0.2, 0) is 10.0 Å². The monoisotopic (exact) mass is 397 g/mol. The number of anilines is 1. The van der Waals surface area contributed by atoms with Crippen LogP contribution in [0.15, 0.2) is 65.6 Å². The van der Waals surface area contributed by atoms with Crippen molar-refractivity contribution in [3.63, 3.8) is 0 Å². The maximum absolute atomic E-state index is 12.8. The lowest BCUT2D eigenvalue weighted by atomic mass is 10.0. The molecule has 6 heteroatoms. The molecule has 0 atom stereocenters. The van der Waals surface area contributed by atoms with E-state index in [1.54, 1.807) is 50.6 Å². The first-order valence-corrected chi connectivity index (χ1v) is 10.2. The van der Waals surface area contributed by atoms with Crippen molar-refractivity contribution in [3.05, 3.63) is 71.8 Å². The molecular formula is C22H23NO4S. The molecule has 0 bridgehead atoms. The molecule has 0 heterocycles. The second-order valence-electron chi connectivity index (χ2n) is 6.50. The van der Waals surface area contributed by atoms with Crippen LogP contribution < -0.4 is 14.2 Å².